The van der Waals surface area contributed by atoms with Gasteiger partial charge in [0.1, 0.15) is 5.82 Å². The van der Waals surface area contributed by atoms with E-state index in [-0.39, 0.29) is 0 Å². The molecule has 3 rings (SSSR count). The second-order valence-electron chi connectivity index (χ2n) is 5.19. The molecule has 0 aromatic carbocycles. The third-order valence-electron chi connectivity index (χ3n) is 3.74. The summed E-state index contributed by atoms with van der Waals surface area (Å²) in [6, 6.07) is 2.02. The fourth-order valence-electron chi connectivity index (χ4n) is 2.77. The van der Waals surface area contributed by atoms with Crippen molar-refractivity contribution in [3.8, 4) is 0 Å². The molecule has 0 amide bonds. The van der Waals surface area contributed by atoms with Crippen molar-refractivity contribution in [2.45, 2.75) is 0 Å². The first-order valence-electron chi connectivity index (χ1n) is 6.20. The van der Waals surface area contributed by atoms with Crippen LogP contribution in [0, 0.1) is 11.8 Å². The summed E-state index contributed by atoms with van der Waals surface area (Å²) in [7, 11) is 3.95. The molecule has 0 saturated carbocycles. The summed E-state index contributed by atoms with van der Waals surface area (Å²) in [6.07, 6.45) is 1.85. The molecular formula is C12H19N5. The number of anilines is 2. The highest BCUT2D eigenvalue weighted by Crippen LogP contribution is 2.29. The molecule has 0 radical (unpaired) electrons. The highest BCUT2D eigenvalue weighted by Gasteiger charge is 2.36. The van der Waals surface area contributed by atoms with Gasteiger partial charge < -0.3 is 15.1 Å². The number of hydrogen-bond acceptors (Lipinski definition) is 5. The van der Waals surface area contributed by atoms with Crippen LogP contribution in [0.2, 0.25) is 0 Å². The summed E-state index contributed by atoms with van der Waals surface area (Å²) >= 11 is 0. The van der Waals surface area contributed by atoms with Crippen molar-refractivity contribution in [2.75, 3.05) is 50.1 Å². The Kier molecular flexibility index (Phi) is 2.63. The van der Waals surface area contributed by atoms with E-state index in [1.54, 1.807) is 0 Å². The van der Waals surface area contributed by atoms with E-state index in [2.05, 4.69) is 20.2 Å². The van der Waals surface area contributed by atoms with E-state index in [9.17, 15) is 0 Å². The molecule has 17 heavy (non-hydrogen) atoms. The zero-order valence-electron chi connectivity index (χ0n) is 10.4. The molecule has 0 aliphatic carbocycles. The first-order chi connectivity index (χ1) is 8.24. The third kappa shape index (κ3) is 1.95. The van der Waals surface area contributed by atoms with Crippen molar-refractivity contribution in [2.24, 2.45) is 11.8 Å². The minimum Gasteiger partial charge on any atom is -0.356 e. The number of hydrogen-bond donors (Lipinski definition) is 1. The quantitative estimate of drug-likeness (QED) is 0.790. The second-order valence-corrected chi connectivity index (χ2v) is 5.19. The van der Waals surface area contributed by atoms with Crippen LogP contribution in [0.25, 0.3) is 0 Å². The van der Waals surface area contributed by atoms with Gasteiger partial charge in [0.05, 0.1) is 0 Å². The average Bonchev–Trinajstić information content (AvgIpc) is 2.89. The Bertz CT molecular complexity index is 394. The number of rotatable bonds is 2. The minimum atomic E-state index is 0.790. The summed E-state index contributed by atoms with van der Waals surface area (Å²) in [5, 5.41) is 3.46. The number of fused-ring (bicyclic) bond motifs is 1. The van der Waals surface area contributed by atoms with E-state index in [1.165, 1.54) is 0 Å². The lowest BCUT2D eigenvalue weighted by Gasteiger charge is -2.20. The smallest absolute Gasteiger partial charge is 0.226 e. The van der Waals surface area contributed by atoms with Crippen LogP contribution < -0.4 is 15.1 Å². The molecule has 0 unspecified atom stereocenters. The SMILES string of the molecule is CN(C)c1nccc(N2C[C@H]3CNC[C@H]3C2)n1. The summed E-state index contributed by atoms with van der Waals surface area (Å²) < 4.78 is 0. The molecule has 0 spiro atoms. The van der Waals surface area contributed by atoms with E-state index < -0.39 is 0 Å². The molecule has 2 atom stereocenters. The maximum absolute atomic E-state index is 4.60. The van der Waals surface area contributed by atoms with Crippen LogP contribution in [0.1, 0.15) is 0 Å². The standard InChI is InChI=1S/C12H19N5/c1-16(2)12-14-4-3-11(15-12)17-7-9-5-13-6-10(9)8-17/h3-4,9-10,13H,5-8H2,1-2H3/t9-,10+. The van der Waals surface area contributed by atoms with Gasteiger partial charge in [0, 0.05) is 46.5 Å². The monoisotopic (exact) mass is 233 g/mol. The van der Waals surface area contributed by atoms with Gasteiger partial charge in [-0.05, 0) is 17.9 Å². The predicted molar refractivity (Wildman–Crippen MR) is 68.4 cm³/mol. The van der Waals surface area contributed by atoms with Crippen LogP contribution in [0.4, 0.5) is 11.8 Å². The summed E-state index contributed by atoms with van der Waals surface area (Å²) in [4.78, 5) is 13.2. The molecule has 2 aliphatic heterocycles. The molecule has 0 bridgehead atoms. The van der Waals surface area contributed by atoms with Gasteiger partial charge in [0.25, 0.3) is 0 Å². The van der Waals surface area contributed by atoms with Crippen molar-refractivity contribution in [1.29, 1.82) is 0 Å². The Labute approximate surface area is 102 Å². The van der Waals surface area contributed by atoms with Crippen LogP contribution in [0.15, 0.2) is 12.3 Å². The van der Waals surface area contributed by atoms with Crippen molar-refractivity contribution < 1.29 is 0 Å². The van der Waals surface area contributed by atoms with Gasteiger partial charge in [0.2, 0.25) is 5.95 Å². The van der Waals surface area contributed by atoms with Gasteiger partial charge in [-0.2, -0.15) is 4.98 Å². The lowest BCUT2D eigenvalue weighted by Crippen LogP contribution is -2.26. The van der Waals surface area contributed by atoms with Crippen molar-refractivity contribution in [3.63, 3.8) is 0 Å². The summed E-state index contributed by atoms with van der Waals surface area (Å²) in [5.74, 6) is 3.45. The second kappa shape index (κ2) is 4.14. The Morgan fingerprint density at radius 3 is 2.65 bits per heavy atom. The van der Waals surface area contributed by atoms with E-state index in [4.69, 9.17) is 0 Å². The van der Waals surface area contributed by atoms with Crippen LogP contribution in [-0.2, 0) is 0 Å². The zero-order chi connectivity index (χ0) is 11.8. The fourth-order valence-corrected chi connectivity index (χ4v) is 2.77. The Morgan fingerprint density at radius 2 is 2.00 bits per heavy atom. The molecule has 3 heterocycles. The van der Waals surface area contributed by atoms with Crippen molar-refractivity contribution >= 4 is 11.8 Å². The Balaban J connectivity index is 1.78. The molecule has 5 nitrogen and oxygen atoms in total. The lowest BCUT2D eigenvalue weighted by atomic mass is 10.0. The Morgan fingerprint density at radius 1 is 1.29 bits per heavy atom. The van der Waals surface area contributed by atoms with Gasteiger partial charge in [-0.25, -0.2) is 4.98 Å². The topological polar surface area (TPSA) is 44.3 Å². The van der Waals surface area contributed by atoms with E-state index in [0.29, 0.717) is 0 Å². The maximum Gasteiger partial charge on any atom is 0.226 e. The van der Waals surface area contributed by atoms with E-state index in [0.717, 1.165) is 49.8 Å². The van der Waals surface area contributed by atoms with E-state index in [1.807, 2.05) is 31.3 Å². The zero-order valence-corrected chi connectivity index (χ0v) is 10.4. The minimum absolute atomic E-state index is 0.790. The number of aromatic nitrogens is 2. The number of nitrogens with zero attached hydrogens (tertiary/aromatic N) is 4. The number of nitrogens with one attached hydrogen (secondary N) is 1. The molecule has 1 N–H and O–H groups in total. The first kappa shape index (κ1) is 10.8. The van der Waals surface area contributed by atoms with Gasteiger partial charge >= 0.3 is 0 Å². The molecular weight excluding hydrogens is 214 g/mol. The summed E-state index contributed by atoms with van der Waals surface area (Å²) in [5.41, 5.74) is 0. The van der Waals surface area contributed by atoms with Crippen LogP contribution in [0.3, 0.4) is 0 Å². The molecule has 1 aromatic rings. The molecule has 2 aliphatic rings. The molecule has 2 fully saturated rings. The largest absolute Gasteiger partial charge is 0.356 e. The summed E-state index contributed by atoms with van der Waals surface area (Å²) in [6.45, 7) is 4.57. The first-order valence-corrected chi connectivity index (χ1v) is 6.20. The molecule has 1 aromatic heterocycles. The lowest BCUT2D eigenvalue weighted by molar-refractivity contribution is 0.533. The molecule has 5 heteroatoms. The van der Waals surface area contributed by atoms with Crippen LogP contribution in [0.5, 0.6) is 0 Å². The predicted octanol–water partition coefficient (Wildman–Crippen LogP) is 0.198. The van der Waals surface area contributed by atoms with Crippen LogP contribution >= 0.6 is 0 Å². The normalized spacial score (nSPS) is 27.3. The average molecular weight is 233 g/mol. The maximum atomic E-state index is 4.60. The van der Waals surface area contributed by atoms with Crippen molar-refractivity contribution in [3.05, 3.63) is 12.3 Å². The molecule has 2 saturated heterocycles. The van der Waals surface area contributed by atoms with Gasteiger partial charge in [-0.3, -0.25) is 0 Å². The Hall–Kier alpha value is -1.36. The van der Waals surface area contributed by atoms with Crippen molar-refractivity contribution in [1.82, 2.24) is 15.3 Å². The van der Waals surface area contributed by atoms with Gasteiger partial charge in [-0.1, -0.05) is 0 Å². The third-order valence-corrected chi connectivity index (χ3v) is 3.74. The van der Waals surface area contributed by atoms with E-state index >= 15 is 0 Å². The molecule has 92 valence electrons. The highest BCUT2D eigenvalue weighted by molar-refractivity contribution is 5.44. The van der Waals surface area contributed by atoms with Crippen LogP contribution in [-0.4, -0.2) is 50.2 Å². The van der Waals surface area contributed by atoms with Gasteiger partial charge in [-0.15, -0.1) is 0 Å². The fraction of sp³-hybridized carbons (Fsp3) is 0.667. The van der Waals surface area contributed by atoms with Gasteiger partial charge in [0.15, 0.2) is 0 Å². The highest BCUT2D eigenvalue weighted by atomic mass is 15.3.